The van der Waals surface area contributed by atoms with E-state index in [9.17, 15) is 18.5 Å². The number of hydrogen-bond acceptors (Lipinski definition) is 6. The summed E-state index contributed by atoms with van der Waals surface area (Å²) in [7, 11) is -1.51. The zero-order chi connectivity index (χ0) is 13.8. The van der Waals surface area contributed by atoms with E-state index in [0.29, 0.717) is 11.4 Å². The van der Waals surface area contributed by atoms with Crippen LogP contribution in [0.25, 0.3) is 0 Å². The van der Waals surface area contributed by atoms with Gasteiger partial charge in [-0.2, -0.15) is 0 Å². The Balaban J connectivity index is 2.92. The lowest BCUT2D eigenvalue weighted by Gasteiger charge is -2.09. The Kier molecular flexibility index (Phi) is 4.49. The lowest BCUT2D eigenvalue weighted by molar-refractivity contribution is -0.383. The van der Waals surface area contributed by atoms with Crippen LogP contribution in [-0.2, 0) is 9.84 Å². The van der Waals surface area contributed by atoms with Crippen LogP contribution in [-0.4, -0.2) is 38.9 Å². The molecule has 0 heterocycles. The highest BCUT2D eigenvalue weighted by atomic mass is 32.2. The molecule has 100 valence electrons. The quantitative estimate of drug-likeness (QED) is 0.594. The second-order valence-corrected chi connectivity index (χ2v) is 6.03. The van der Waals surface area contributed by atoms with Crippen LogP contribution in [0.4, 0.5) is 17.1 Å². The molecule has 1 aromatic carbocycles. The molecule has 0 radical (unpaired) electrons. The van der Waals surface area contributed by atoms with Crippen LogP contribution in [0.5, 0.6) is 0 Å². The van der Waals surface area contributed by atoms with Crippen molar-refractivity contribution in [2.24, 2.45) is 0 Å². The first-order valence-corrected chi connectivity index (χ1v) is 7.28. The van der Waals surface area contributed by atoms with Gasteiger partial charge in [-0.1, -0.05) is 6.07 Å². The Morgan fingerprint density at radius 3 is 2.44 bits per heavy atom. The highest BCUT2D eigenvalue weighted by molar-refractivity contribution is 7.90. The van der Waals surface area contributed by atoms with Crippen LogP contribution in [0.15, 0.2) is 18.2 Å². The largest absolute Gasteiger partial charge is 0.382 e. The monoisotopic (exact) mass is 273 g/mol. The molecule has 0 bridgehead atoms. The number of sulfone groups is 1. The second-order valence-electron chi connectivity index (χ2n) is 3.77. The summed E-state index contributed by atoms with van der Waals surface area (Å²) >= 11 is 0. The minimum absolute atomic E-state index is 0.0755. The third kappa shape index (κ3) is 3.88. The van der Waals surface area contributed by atoms with E-state index in [2.05, 4.69) is 10.6 Å². The van der Waals surface area contributed by atoms with E-state index in [0.717, 1.165) is 6.26 Å². The zero-order valence-corrected chi connectivity index (χ0v) is 11.0. The molecule has 0 saturated carbocycles. The van der Waals surface area contributed by atoms with Crippen molar-refractivity contribution in [2.75, 3.05) is 36.2 Å². The predicted molar refractivity (Wildman–Crippen MR) is 70.8 cm³/mol. The average Bonchev–Trinajstić information content (AvgIpc) is 2.26. The van der Waals surface area contributed by atoms with Gasteiger partial charge in [-0.15, -0.1) is 0 Å². The van der Waals surface area contributed by atoms with Crippen molar-refractivity contribution < 1.29 is 13.3 Å². The maximum atomic E-state index is 11.0. The van der Waals surface area contributed by atoms with Crippen molar-refractivity contribution in [2.45, 2.75) is 0 Å². The van der Waals surface area contributed by atoms with Crippen LogP contribution in [0.1, 0.15) is 0 Å². The van der Waals surface area contributed by atoms with Gasteiger partial charge < -0.3 is 10.6 Å². The summed E-state index contributed by atoms with van der Waals surface area (Å²) in [6, 6.07) is 4.78. The van der Waals surface area contributed by atoms with E-state index in [1.54, 1.807) is 25.2 Å². The van der Waals surface area contributed by atoms with Gasteiger partial charge in [0, 0.05) is 19.8 Å². The van der Waals surface area contributed by atoms with Crippen LogP contribution in [0.2, 0.25) is 0 Å². The van der Waals surface area contributed by atoms with Crippen LogP contribution < -0.4 is 10.6 Å². The van der Waals surface area contributed by atoms with Gasteiger partial charge in [-0.05, 0) is 12.1 Å². The molecule has 18 heavy (non-hydrogen) atoms. The van der Waals surface area contributed by atoms with Crippen molar-refractivity contribution in [1.29, 1.82) is 0 Å². The van der Waals surface area contributed by atoms with Gasteiger partial charge in [0.1, 0.15) is 21.2 Å². The zero-order valence-electron chi connectivity index (χ0n) is 10.1. The fraction of sp³-hybridized carbons (Fsp3) is 0.400. The molecule has 0 fully saturated rings. The van der Waals surface area contributed by atoms with Gasteiger partial charge >= 0.3 is 5.69 Å². The first kappa shape index (κ1) is 14.2. The summed E-state index contributed by atoms with van der Waals surface area (Å²) < 4.78 is 22.0. The lowest BCUT2D eigenvalue weighted by Crippen LogP contribution is -2.15. The van der Waals surface area contributed by atoms with Gasteiger partial charge in [0.05, 0.1) is 10.7 Å². The number of rotatable bonds is 6. The molecule has 8 heteroatoms. The third-order valence-corrected chi connectivity index (χ3v) is 3.22. The number of nitrogens with zero attached hydrogens (tertiary/aromatic N) is 1. The maximum Gasteiger partial charge on any atom is 0.315 e. The minimum Gasteiger partial charge on any atom is -0.382 e. The Morgan fingerprint density at radius 2 is 1.94 bits per heavy atom. The molecule has 0 aromatic heterocycles. The highest BCUT2D eigenvalue weighted by Crippen LogP contribution is 2.32. The van der Waals surface area contributed by atoms with Crippen molar-refractivity contribution >= 4 is 26.9 Å². The van der Waals surface area contributed by atoms with E-state index in [-0.39, 0.29) is 18.0 Å². The molecule has 0 atom stereocenters. The van der Waals surface area contributed by atoms with E-state index in [4.69, 9.17) is 0 Å². The number of nitrogens with one attached hydrogen (secondary N) is 2. The van der Waals surface area contributed by atoms with E-state index in [1.807, 2.05) is 0 Å². The minimum atomic E-state index is -3.09. The molecule has 0 aliphatic carbocycles. The molecule has 1 rings (SSSR count). The molecule has 0 aliphatic heterocycles. The van der Waals surface area contributed by atoms with Gasteiger partial charge in [0.25, 0.3) is 0 Å². The van der Waals surface area contributed by atoms with Gasteiger partial charge in [-0.25, -0.2) is 8.42 Å². The summed E-state index contributed by atoms with van der Waals surface area (Å²) in [4.78, 5) is 10.5. The van der Waals surface area contributed by atoms with E-state index >= 15 is 0 Å². The number of benzene rings is 1. The SMILES string of the molecule is CNc1cccc(NCCS(C)(=O)=O)c1[N+](=O)[O-]. The molecular formula is C10H15N3O4S. The highest BCUT2D eigenvalue weighted by Gasteiger charge is 2.18. The number of para-hydroxylation sites is 1. The number of nitro benzene ring substituents is 1. The molecule has 0 unspecified atom stereocenters. The average molecular weight is 273 g/mol. The summed E-state index contributed by atoms with van der Waals surface area (Å²) in [5.74, 6) is -0.0755. The predicted octanol–water partition coefficient (Wildman–Crippen LogP) is 1.09. The van der Waals surface area contributed by atoms with Crippen molar-refractivity contribution in [1.82, 2.24) is 0 Å². The Hall–Kier alpha value is -1.83. The van der Waals surface area contributed by atoms with Crippen LogP contribution in [0.3, 0.4) is 0 Å². The Bertz CT molecular complexity index is 542. The molecular weight excluding hydrogens is 258 g/mol. The smallest absolute Gasteiger partial charge is 0.315 e. The molecule has 0 spiro atoms. The summed E-state index contributed by atoms with van der Waals surface area (Å²) in [6.45, 7) is 0.132. The Labute approximate surface area is 105 Å². The van der Waals surface area contributed by atoms with Gasteiger partial charge in [-0.3, -0.25) is 10.1 Å². The normalized spacial score (nSPS) is 11.0. The molecule has 0 amide bonds. The van der Waals surface area contributed by atoms with Gasteiger partial charge in [0.2, 0.25) is 0 Å². The Morgan fingerprint density at radius 1 is 1.33 bits per heavy atom. The molecule has 1 aromatic rings. The summed E-state index contributed by atoms with van der Waals surface area (Å²) in [5, 5.41) is 16.5. The topological polar surface area (TPSA) is 101 Å². The van der Waals surface area contributed by atoms with Gasteiger partial charge in [0.15, 0.2) is 0 Å². The van der Waals surface area contributed by atoms with Crippen LogP contribution >= 0.6 is 0 Å². The first-order valence-electron chi connectivity index (χ1n) is 5.22. The maximum absolute atomic E-state index is 11.0. The summed E-state index contributed by atoms with van der Waals surface area (Å²) in [5.41, 5.74) is 0.591. The fourth-order valence-corrected chi connectivity index (χ4v) is 1.93. The van der Waals surface area contributed by atoms with Crippen molar-refractivity contribution in [3.63, 3.8) is 0 Å². The number of anilines is 2. The molecule has 0 saturated heterocycles. The molecule has 0 aliphatic rings. The fourth-order valence-electron chi connectivity index (χ4n) is 1.46. The van der Waals surface area contributed by atoms with E-state index in [1.165, 1.54) is 0 Å². The second kappa shape index (κ2) is 5.67. The third-order valence-electron chi connectivity index (χ3n) is 2.28. The van der Waals surface area contributed by atoms with Crippen molar-refractivity contribution in [3.05, 3.63) is 28.3 Å². The van der Waals surface area contributed by atoms with Crippen molar-refractivity contribution in [3.8, 4) is 0 Å². The molecule has 2 N–H and O–H groups in total. The van der Waals surface area contributed by atoms with Crippen LogP contribution in [0, 0.1) is 10.1 Å². The number of hydrogen-bond donors (Lipinski definition) is 2. The first-order chi connectivity index (χ1) is 8.35. The van der Waals surface area contributed by atoms with E-state index < -0.39 is 14.8 Å². The molecule has 7 nitrogen and oxygen atoms in total. The summed E-state index contributed by atoms with van der Waals surface area (Å²) in [6.07, 6.45) is 1.12. The standard InChI is InChI=1S/C10H15N3O4S/c1-11-8-4-3-5-9(10(8)13(14)15)12-6-7-18(2,16)17/h3-5,11-12H,6-7H2,1-2H3. The lowest BCUT2D eigenvalue weighted by atomic mass is 10.2. The number of nitro groups is 1.